The highest BCUT2D eigenvalue weighted by molar-refractivity contribution is 6.33. The number of nitrogens with one attached hydrogen (secondary N) is 1. The van der Waals surface area contributed by atoms with E-state index in [1.165, 1.54) is 0 Å². The van der Waals surface area contributed by atoms with Crippen molar-refractivity contribution >= 4 is 28.9 Å². The SMILES string of the molecule is Cc1cc(N)c(Cl)cc1NC(=O)c1ccccn1. The molecule has 0 aliphatic heterocycles. The van der Waals surface area contributed by atoms with Crippen LogP contribution in [0.5, 0.6) is 0 Å². The summed E-state index contributed by atoms with van der Waals surface area (Å²) in [6.45, 7) is 1.85. The number of aromatic nitrogens is 1. The van der Waals surface area contributed by atoms with Crippen molar-refractivity contribution in [3.63, 3.8) is 0 Å². The quantitative estimate of drug-likeness (QED) is 0.817. The predicted molar refractivity (Wildman–Crippen MR) is 72.8 cm³/mol. The Balaban J connectivity index is 2.25. The van der Waals surface area contributed by atoms with Crippen molar-refractivity contribution in [2.45, 2.75) is 6.92 Å². The smallest absolute Gasteiger partial charge is 0.274 e. The number of hydrogen-bond donors (Lipinski definition) is 2. The minimum Gasteiger partial charge on any atom is -0.398 e. The maximum Gasteiger partial charge on any atom is 0.274 e. The number of carbonyl (C=O) groups is 1. The summed E-state index contributed by atoms with van der Waals surface area (Å²) in [7, 11) is 0. The zero-order valence-corrected chi connectivity index (χ0v) is 10.5. The van der Waals surface area contributed by atoms with Crippen molar-refractivity contribution in [3.8, 4) is 0 Å². The van der Waals surface area contributed by atoms with Gasteiger partial charge >= 0.3 is 0 Å². The molecule has 0 spiro atoms. The highest BCUT2D eigenvalue weighted by atomic mass is 35.5. The van der Waals surface area contributed by atoms with Crippen LogP contribution in [0.2, 0.25) is 5.02 Å². The molecule has 3 N–H and O–H groups in total. The van der Waals surface area contributed by atoms with Gasteiger partial charge in [-0.15, -0.1) is 0 Å². The molecule has 1 heterocycles. The number of benzene rings is 1. The van der Waals surface area contributed by atoms with Crippen LogP contribution in [-0.4, -0.2) is 10.9 Å². The van der Waals surface area contributed by atoms with Gasteiger partial charge in [-0.3, -0.25) is 9.78 Å². The molecule has 0 saturated carbocycles. The van der Waals surface area contributed by atoms with Gasteiger partial charge in [0, 0.05) is 11.9 Å². The van der Waals surface area contributed by atoms with Gasteiger partial charge in [0.15, 0.2) is 0 Å². The van der Waals surface area contributed by atoms with E-state index in [1.807, 2.05) is 6.92 Å². The summed E-state index contributed by atoms with van der Waals surface area (Å²) in [6.07, 6.45) is 1.57. The van der Waals surface area contributed by atoms with E-state index in [1.54, 1.807) is 36.5 Å². The van der Waals surface area contributed by atoms with Gasteiger partial charge in [0.2, 0.25) is 0 Å². The molecule has 5 heteroatoms. The number of nitrogens with two attached hydrogens (primary N) is 1. The second kappa shape index (κ2) is 5.06. The minimum absolute atomic E-state index is 0.278. The summed E-state index contributed by atoms with van der Waals surface area (Å²) >= 11 is 5.92. The summed E-state index contributed by atoms with van der Waals surface area (Å²) < 4.78 is 0. The first kappa shape index (κ1) is 12.4. The van der Waals surface area contributed by atoms with E-state index in [4.69, 9.17) is 17.3 Å². The molecular formula is C13H12ClN3O. The number of nitrogens with zero attached hydrogens (tertiary/aromatic N) is 1. The maximum absolute atomic E-state index is 11.9. The molecule has 0 atom stereocenters. The third-order valence-corrected chi connectivity index (χ3v) is 2.82. The number of anilines is 2. The van der Waals surface area contributed by atoms with Gasteiger partial charge in [-0.05, 0) is 36.8 Å². The molecule has 1 aromatic heterocycles. The van der Waals surface area contributed by atoms with Gasteiger partial charge in [0.1, 0.15) is 5.69 Å². The lowest BCUT2D eigenvalue weighted by molar-refractivity contribution is 0.102. The van der Waals surface area contributed by atoms with Crippen molar-refractivity contribution in [3.05, 3.63) is 52.8 Å². The van der Waals surface area contributed by atoms with Gasteiger partial charge in [0.05, 0.1) is 10.7 Å². The first-order valence-electron chi connectivity index (χ1n) is 5.36. The summed E-state index contributed by atoms with van der Waals surface area (Å²) in [5, 5.41) is 3.17. The Hall–Kier alpha value is -2.07. The van der Waals surface area contributed by atoms with Gasteiger partial charge < -0.3 is 11.1 Å². The van der Waals surface area contributed by atoms with E-state index in [9.17, 15) is 4.79 Å². The minimum atomic E-state index is -0.278. The van der Waals surface area contributed by atoms with E-state index in [2.05, 4.69) is 10.3 Å². The summed E-state index contributed by atoms with van der Waals surface area (Å²) in [5.74, 6) is -0.278. The van der Waals surface area contributed by atoms with Crippen LogP contribution >= 0.6 is 11.6 Å². The number of amides is 1. The molecule has 1 amide bonds. The van der Waals surface area contributed by atoms with Crippen molar-refractivity contribution in [2.24, 2.45) is 0 Å². The number of hydrogen-bond acceptors (Lipinski definition) is 3. The third-order valence-electron chi connectivity index (χ3n) is 2.49. The second-order valence-corrected chi connectivity index (χ2v) is 4.26. The Morgan fingerprint density at radius 3 is 2.83 bits per heavy atom. The summed E-state index contributed by atoms with van der Waals surface area (Å²) in [4.78, 5) is 15.9. The molecule has 1 aromatic carbocycles. The van der Waals surface area contributed by atoms with E-state index in [0.29, 0.717) is 22.1 Å². The van der Waals surface area contributed by atoms with Gasteiger partial charge in [-0.1, -0.05) is 17.7 Å². The number of aryl methyl sites for hydroxylation is 1. The molecule has 0 saturated heterocycles. The molecule has 4 nitrogen and oxygen atoms in total. The van der Waals surface area contributed by atoms with Crippen molar-refractivity contribution in [2.75, 3.05) is 11.1 Å². The molecule has 0 aliphatic rings. The Morgan fingerprint density at radius 2 is 2.17 bits per heavy atom. The second-order valence-electron chi connectivity index (χ2n) is 3.86. The number of carbonyl (C=O) groups excluding carboxylic acids is 1. The van der Waals surface area contributed by atoms with Crippen LogP contribution in [0.15, 0.2) is 36.5 Å². The van der Waals surface area contributed by atoms with E-state index in [0.717, 1.165) is 5.56 Å². The van der Waals surface area contributed by atoms with E-state index < -0.39 is 0 Å². The number of halogens is 1. The van der Waals surface area contributed by atoms with Crippen molar-refractivity contribution < 1.29 is 4.79 Å². The van der Waals surface area contributed by atoms with Crippen LogP contribution in [0, 0.1) is 6.92 Å². The highest BCUT2D eigenvalue weighted by Gasteiger charge is 2.10. The Bertz CT molecular complexity index is 584. The largest absolute Gasteiger partial charge is 0.398 e. The zero-order chi connectivity index (χ0) is 13.1. The van der Waals surface area contributed by atoms with Gasteiger partial charge in [-0.25, -0.2) is 0 Å². The van der Waals surface area contributed by atoms with Crippen LogP contribution in [0.3, 0.4) is 0 Å². The van der Waals surface area contributed by atoms with Gasteiger partial charge in [-0.2, -0.15) is 0 Å². The Kier molecular flexibility index (Phi) is 3.48. The lowest BCUT2D eigenvalue weighted by Gasteiger charge is -2.10. The molecule has 0 aliphatic carbocycles. The first-order valence-corrected chi connectivity index (χ1v) is 5.73. The van der Waals surface area contributed by atoms with Crippen molar-refractivity contribution in [1.29, 1.82) is 0 Å². The number of rotatable bonds is 2. The molecule has 2 aromatic rings. The monoisotopic (exact) mass is 261 g/mol. The molecular weight excluding hydrogens is 250 g/mol. The lowest BCUT2D eigenvalue weighted by Crippen LogP contribution is -2.14. The fraction of sp³-hybridized carbons (Fsp3) is 0.0769. The topological polar surface area (TPSA) is 68.0 Å². The fourth-order valence-electron chi connectivity index (χ4n) is 1.52. The van der Waals surface area contributed by atoms with Crippen LogP contribution in [-0.2, 0) is 0 Å². The third kappa shape index (κ3) is 2.60. The van der Waals surface area contributed by atoms with E-state index >= 15 is 0 Å². The van der Waals surface area contributed by atoms with E-state index in [-0.39, 0.29) is 5.91 Å². The molecule has 0 radical (unpaired) electrons. The maximum atomic E-state index is 11.9. The standard InChI is InChI=1S/C13H12ClN3O/c1-8-6-10(15)9(14)7-12(8)17-13(18)11-4-2-3-5-16-11/h2-7H,15H2,1H3,(H,17,18). The molecule has 92 valence electrons. The van der Waals surface area contributed by atoms with Crippen LogP contribution in [0.25, 0.3) is 0 Å². The summed E-state index contributed by atoms with van der Waals surface area (Å²) in [5.41, 5.74) is 7.99. The Morgan fingerprint density at radius 1 is 1.39 bits per heavy atom. The normalized spacial score (nSPS) is 10.1. The number of pyridine rings is 1. The molecule has 18 heavy (non-hydrogen) atoms. The summed E-state index contributed by atoms with van der Waals surface area (Å²) in [6, 6.07) is 8.50. The van der Waals surface area contributed by atoms with Gasteiger partial charge in [0.25, 0.3) is 5.91 Å². The molecule has 0 unspecified atom stereocenters. The van der Waals surface area contributed by atoms with Crippen LogP contribution < -0.4 is 11.1 Å². The van der Waals surface area contributed by atoms with Crippen LogP contribution in [0.1, 0.15) is 16.1 Å². The highest BCUT2D eigenvalue weighted by Crippen LogP contribution is 2.26. The fourth-order valence-corrected chi connectivity index (χ4v) is 1.69. The average molecular weight is 262 g/mol. The Labute approximate surface area is 110 Å². The first-order chi connectivity index (χ1) is 8.58. The number of nitrogen functional groups attached to an aromatic ring is 1. The molecule has 0 fully saturated rings. The zero-order valence-electron chi connectivity index (χ0n) is 9.77. The van der Waals surface area contributed by atoms with Crippen molar-refractivity contribution in [1.82, 2.24) is 4.98 Å². The predicted octanol–water partition coefficient (Wildman–Crippen LogP) is 2.88. The lowest BCUT2D eigenvalue weighted by atomic mass is 10.1. The molecule has 0 bridgehead atoms. The molecule has 2 rings (SSSR count). The van der Waals surface area contributed by atoms with Crippen LogP contribution in [0.4, 0.5) is 11.4 Å². The average Bonchev–Trinajstić information content (AvgIpc) is 2.37.